The number of ether oxygens (including phenoxy) is 1. The van der Waals surface area contributed by atoms with Crippen LogP contribution in [0.2, 0.25) is 0 Å². The molecule has 2 aromatic rings. The fourth-order valence-electron chi connectivity index (χ4n) is 1.30. The SMILES string of the molecule is OCc1cccc(F)c1OCc1ccno1. The van der Waals surface area contributed by atoms with Crippen LogP contribution in [0.25, 0.3) is 0 Å². The summed E-state index contributed by atoms with van der Waals surface area (Å²) in [5, 5.41) is 12.5. The second kappa shape index (κ2) is 4.76. The number of halogens is 1. The number of hydrogen-bond acceptors (Lipinski definition) is 4. The van der Waals surface area contributed by atoms with Crippen LogP contribution in [0.3, 0.4) is 0 Å². The minimum Gasteiger partial charge on any atom is -0.482 e. The highest BCUT2D eigenvalue weighted by Crippen LogP contribution is 2.23. The van der Waals surface area contributed by atoms with Crippen molar-refractivity contribution in [1.29, 1.82) is 0 Å². The van der Waals surface area contributed by atoms with Gasteiger partial charge in [0.2, 0.25) is 0 Å². The average Bonchev–Trinajstić information content (AvgIpc) is 2.80. The van der Waals surface area contributed by atoms with E-state index in [-0.39, 0.29) is 19.0 Å². The van der Waals surface area contributed by atoms with Gasteiger partial charge in [0, 0.05) is 11.6 Å². The van der Waals surface area contributed by atoms with Crippen LogP contribution in [0.4, 0.5) is 4.39 Å². The number of nitrogens with zero attached hydrogens (tertiary/aromatic N) is 1. The summed E-state index contributed by atoms with van der Waals surface area (Å²) in [5.41, 5.74) is 0.402. The summed E-state index contributed by atoms with van der Waals surface area (Å²) >= 11 is 0. The van der Waals surface area contributed by atoms with Crippen molar-refractivity contribution in [3.63, 3.8) is 0 Å². The Kier molecular flexibility index (Phi) is 3.16. The van der Waals surface area contributed by atoms with Gasteiger partial charge < -0.3 is 14.4 Å². The molecule has 0 amide bonds. The third-order valence-corrected chi connectivity index (χ3v) is 2.07. The molecular weight excluding hydrogens is 213 g/mol. The van der Waals surface area contributed by atoms with Crippen LogP contribution in [-0.2, 0) is 13.2 Å². The molecule has 0 saturated heterocycles. The molecule has 0 atom stereocenters. The first-order valence-electron chi connectivity index (χ1n) is 4.72. The van der Waals surface area contributed by atoms with E-state index in [1.807, 2.05) is 0 Å². The zero-order valence-corrected chi connectivity index (χ0v) is 8.39. The highest BCUT2D eigenvalue weighted by Gasteiger charge is 2.10. The Balaban J connectivity index is 2.14. The molecule has 0 unspecified atom stereocenters. The Labute approximate surface area is 91.3 Å². The summed E-state index contributed by atoms with van der Waals surface area (Å²) in [6.45, 7) is -0.197. The number of aromatic nitrogens is 1. The first kappa shape index (κ1) is 10.6. The van der Waals surface area contributed by atoms with Crippen molar-refractivity contribution < 1.29 is 18.8 Å². The van der Waals surface area contributed by atoms with E-state index in [1.165, 1.54) is 18.3 Å². The number of hydrogen-bond donors (Lipinski definition) is 1. The van der Waals surface area contributed by atoms with E-state index < -0.39 is 5.82 Å². The fraction of sp³-hybridized carbons (Fsp3) is 0.182. The molecule has 16 heavy (non-hydrogen) atoms. The molecule has 0 bridgehead atoms. The van der Waals surface area contributed by atoms with Crippen LogP contribution < -0.4 is 4.74 Å². The largest absolute Gasteiger partial charge is 0.482 e. The molecule has 84 valence electrons. The maximum atomic E-state index is 13.4. The molecule has 2 rings (SSSR count). The molecule has 0 saturated carbocycles. The molecule has 1 N–H and O–H groups in total. The molecule has 0 aliphatic carbocycles. The molecule has 1 aromatic heterocycles. The molecule has 0 aliphatic heterocycles. The highest BCUT2D eigenvalue weighted by molar-refractivity contribution is 5.34. The summed E-state index contributed by atoms with van der Waals surface area (Å²) in [6.07, 6.45) is 1.48. The lowest BCUT2D eigenvalue weighted by molar-refractivity contribution is 0.225. The minimum atomic E-state index is -0.508. The van der Waals surface area contributed by atoms with Crippen molar-refractivity contribution in [2.45, 2.75) is 13.2 Å². The van der Waals surface area contributed by atoms with E-state index in [0.29, 0.717) is 11.3 Å². The molecule has 0 aliphatic rings. The Morgan fingerprint density at radius 2 is 2.25 bits per heavy atom. The number of aliphatic hydroxyl groups is 1. The van der Waals surface area contributed by atoms with Crippen LogP contribution >= 0.6 is 0 Å². The Morgan fingerprint density at radius 3 is 2.94 bits per heavy atom. The monoisotopic (exact) mass is 223 g/mol. The number of benzene rings is 1. The van der Waals surface area contributed by atoms with Gasteiger partial charge in [-0.25, -0.2) is 4.39 Å². The standard InChI is InChI=1S/C11H10FNO3/c12-10-3-1-2-8(6-14)11(10)15-7-9-4-5-13-16-9/h1-5,14H,6-7H2. The van der Waals surface area contributed by atoms with Gasteiger partial charge in [0.25, 0.3) is 0 Å². The first-order valence-corrected chi connectivity index (χ1v) is 4.72. The summed E-state index contributed by atoms with van der Waals surface area (Å²) in [6, 6.07) is 6.01. The molecular formula is C11H10FNO3. The van der Waals surface area contributed by atoms with Crippen LogP contribution in [0.1, 0.15) is 11.3 Å². The van der Waals surface area contributed by atoms with Crippen molar-refractivity contribution in [3.8, 4) is 5.75 Å². The van der Waals surface area contributed by atoms with E-state index in [2.05, 4.69) is 5.16 Å². The van der Waals surface area contributed by atoms with Crippen molar-refractivity contribution >= 4 is 0 Å². The number of aliphatic hydroxyl groups excluding tert-OH is 1. The van der Waals surface area contributed by atoms with Crippen LogP contribution in [0.5, 0.6) is 5.75 Å². The van der Waals surface area contributed by atoms with Crippen LogP contribution in [0, 0.1) is 5.82 Å². The van der Waals surface area contributed by atoms with Gasteiger partial charge in [0.15, 0.2) is 17.3 Å². The number of para-hydroxylation sites is 1. The minimum absolute atomic E-state index is 0.0430. The second-order valence-corrected chi connectivity index (χ2v) is 3.15. The van der Waals surface area contributed by atoms with E-state index in [9.17, 15) is 4.39 Å². The van der Waals surface area contributed by atoms with Gasteiger partial charge in [-0.05, 0) is 6.07 Å². The van der Waals surface area contributed by atoms with Crippen molar-refractivity contribution in [3.05, 3.63) is 47.6 Å². The smallest absolute Gasteiger partial charge is 0.174 e. The van der Waals surface area contributed by atoms with E-state index >= 15 is 0 Å². The van der Waals surface area contributed by atoms with E-state index in [1.54, 1.807) is 12.1 Å². The van der Waals surface area contributed by atoms with Crippen LogP contribution in [0.15, 0.2) is 35.0 Å². The molecule has 5 heteroatoms. The van der Waals surface area contributed by atoms with E-state index in [0.717, 1.165) is 0 Å². The summed E-state index contributed by atoms with van der Waals surface area (Å²) < 4.78 is 23.4. The van der Waals surface area contributed by atoms with E-state index in [4.69, 9.17) is 14.4 Å². The van der Waals surface area contributed by atoms with Gasteiger partial charge in [-0.15, -0.1) is 0 Å². The Hall–Kier alpha value is -1.88. The maximum Gasteiger partial charge on any atom is 0.174 e. The summed E-state index contributed by atoms with van der Waals surface area (Å²) in [4.78, 5) is 0. The molecule has 4 nitrogen and oxygen atoms in total. The molecule has 0 spiro atoms. The van der Waals surface area contributed by atoms with Crippen LogP contribution in [-0.4, -0.2) is 10.3 Å². The third-order valence-electron chi connectivity index (χ3n) is 2.07. The predicted molar refractivity (Wildman–Crippen MR) is 53.2 cm³/mol. The van der Waals surface area contributed by atoms with Gasteiger partial charge in [0.1, 0.15) is 6.61 Å². The lowest BCUT2D eigenvalue weighted by atomic mass is 10.2. The van der Waals surface area contributed by atoms with Gasteiger partial charge in [0.05, 0.1) is 12.8 Å². The Morgan fingerprint density at radius 1 is 1.38 bits per heavy atom. The van der Waals surface area contributed by atoms with Gasteiger partial charge >= 0.3 is 0 Å². The highest BCUT2D eigenvalue weighted by atomic mass is 19.1. The normalized spacial score (nSPS) is 10.4. The molecule has 1 aromatic carbocycles. The lowest BCUT2D eigenvalue weighted by Crippen LogP contribution is -2.00. The Bertz CT molecular complexity index is 456. The second-order valence-electron chi connectivity index (χ2n) is 3.15. The van der Waals surface area contributed by atoms with Crippen molar-refractivity contribution in [1.82, 2.24) is 5.16 Å². The van der Waals surface area contributed by atoms with Crippen molar-refractivity contribution in [2.75, 3.05) is 0 Å². The maximum absolute atomic E-state index is 13.4. The third kappa shape index (κ3) is 2.20. The van der Waals surface area contributed by atoms with Gasteiger partial charge in [-0.2, -0.15) is 0 Å². The molecule has 1 heterocycles. The summed E-state index contributed by atoms with van der Waals surface area (Å²) in [5.74, 6) is 0.0274. The fourth-order valence-corrected chi connectivity index (χ4v) is 1.30. The average molecular weight is 223 g/mol. The predicted octanol–water partition coefficient (Wildman–Crippen LogP) is 1.88. The first-order chi connectivity index (χ1) is 7.81. The zero-order valence-electron chi connectivity index (χ0n) is 8.39. The topological polar surface area (TPSA) is 55.5 Å². The van der Waals surface area contributed by atoms with Gasteiger partial charge in [-0.1, -0.05) is 17.3 Å². The summed E-state index contributed by atoms with van der Waals surface area (Å²) in [7, 11) is 0. The quantitative estimate of drug-likeness (QED) is 0.859. The van der Waals surface area contributed by atoms with Gasteiger partial charge in [-0.3, -0.25) is 0 Å². The zero-order chi connectivity index (χ0) is 11.4. The van der Waals surface area contributed by atoms with Crippen molar-refractivity contribution in [2.24, 2.45) is 0 Å². The number of rotatable bonds is 4. The molecule has 0 radical (unpaired) electrons. The lowest BCUT2D eigenvalue weighted by Gasteiger charge is -2.09. The molecule has 0 fully saturated rings.